The molecule has 4 nitrogen and oxygen atoms in total. The molecule has 1 saturated carbocycles. The summed E-state index contributed by atoms with van der Waals surface area (Å²) >= 11 is 0. The van der Waals surface area contributed by atoms with Crippen LogP contribution in [0.2, 0.25) is 0 Å². The van der Waals surface area contributed by atoms with Gasteiger partial charge >= 0.3 is 0 Å². The van der Waals surface area contributed by atoms with Crippen LogP contribution in [0.25, 0.3) is 0 Å². The minimum absolute atomic E-state index is 0.162. The lowest BCUT2D eigenvalue weighted by atomic mass is 10.1. The summed E-state index contributed by atoms with van der Waals surface area (Å²) in [6, 6.07) is 0. The van der Waals surface area contributed by atoms with E-state index in [0.29, 0.717) is 11.8 Å². The fourth-order valence-corrected chi connectivity index (χ4v) is 1.80. The standard InChI is InChI=1S/C15H25N3O/c1-6-16-13-10(4)15(19-11(5)9(2)3)18-14(17-13)12-7-8-12/h9,11-12H,6-8H2,1-5H3,(H,16,17,18). The topological polar surface area (TPSA) is 47.0 Å². The quantitative estimate of drug-likeness (QED) is 0.853. The second kappa shape index (κ2) is 5.76. The van der Waals surface area contributed by atoms with Gasteiger partial charge in [0.05, 0.1) is 11.7 Å². The molecule has 0 amide bonds. The van der Waals surface area contributed by atoms with Crippen molar-refractivity contribution in [3.8, 4) is 5.88 Å². The molecule has 0 saturated heterocycles. The molecule has 0 bridgehead atoms. The molecule has 1 aliphatic rings. The lowest BCUT2D eigenvalue weighted by Crippen LogP contribution is -2.21. The number of ether oxygens (including phenoxy) is 1. The van der Waals surface area contributed by atoms with Gasteiger partial charge in [0.25, 0.3) is 0 Å². The van der Waals surface area contributed by atoms with Gasteiger partial charge in [-0.15, -0.1) is 0 Å². The van der Waals surface area contributed by atoms with Crippen LogP contribution in [0.1, 0.15) is 57.8 Å². The molecule has 0 aromatic carbocycles. The van der Waals surface area contributed by atoms with Crippen LogP contribution in [0.3, 0.4) is 0 Å². The van der Waals surface area contributed by atoms with Crippen LogP contribution in [-0.4, -0.2) is 22.6 Å². The Balaban J connectivity index is 2.28. The van der Waals surface area contributed by atoms with Crippen molar-refractivity contribution >= 4 is 5.82 Å². The van der Waals surface area contributed by atoms with Gasteiger partial charge in [-0.1, -0.05) is 13.8 Å². The van der Waals surface area contributed by atoms with E-state index in [0.717, 1.165) is 29.6 Å². The first kappa shape index (κ1) is 14.1. The largest absolute Gasteiger partial charge is 0.474 e. The molecule has 1 fully saturated rings. The summed E-state index contributed by atoms with van der Waals surface area (Å²) in [5.74, 6) is 3.61. The molecule has 1 aromatic heterocycles. The van der Waals surface area contributed by atoms with E-state index in [4.69, 9.17) is 4.74 Å². The van der Waals surface area contributed by atoms with Crippen LogP contribution < -0.4 is 10.1 Å². The third-order valence-corrected chi connectivity index (χ3v) is 3.64. The maximum atomic E-state index is 6.02. The molecule has 1 aromatic rings. The molecule has 1 atom stereocenters. The molecule has 1 N–H and O–H groups in total. The van der Waals surface area contributed by atoms with Crippen molar-refractivity contribution < 1.29 is 4.74 Å². The van der Waals surface area contributed by atoms with Crippen LogP contribution in [0.5, 0.6) is 5.88 Å². The lowest BCUT2D eigenvalue weighted by molar-refractivity contribution is 0.161. The third kappa shape index (κ3) is 3.37. The molecule has 4 heteroatoms. The van der Waals surface area contributed by atoms with Crippen LogP contribution in [0.15, 0.2) is 0 Å². The number of hydrogen-bond donors (Lipinski definition) is 1. The predicted octanol–water partition coefficient (Wildman–Crippen LogP) is 3.52. The zero-order valence-corrected chi connectivity index (χ0v) is 12.7. The Kier molecular flexibility index (Phi) is 4.27. The van der Waals surface area contributed by atoms with Gasteiger partial charge in [-0.2, -0.15) is 4.98 Å². The maximum Gasteiger partial charge on any atom is 0.222 e. The van der Waals surface area contributed by atoms with Gasteiger partial charge < -0.3 is 10.1 Å². The lowest BCUT2D eigenvalue weighted by Gasteiger charge is -2.20. The summed E-state index contributed by atoms with van der Waals surface area (Å²) in [7, 11) is 0. The number of nitrogens with one attached hydrogen (secondary N) is 1. The highest BCUT2D eigenvalue weighted by Crippen LogP contribution is 2.40. The Labute approximate surface area is 116 Å². The molecule has 1 aliphatic carbocycles. The highest BCUT2D eigenvalue weighted by Gasteiger charge is 2.29. The zero-order valence-electron chi connectivity index (χ0n) is 12.7. The first-order valence-electron chi connectivity index (χ1n) is 7.32. The fourth-order valence-electron chi connectivity index (χ4n) is 1.80. The van der Waals surface area contributed by atoms with Crippen molar-refractivity contribution in [2.75, 3.05) is 11.9 Å². The Morgan fingerprint density at radius 3 is 2.47 bits per heavy atom. The monoisotopic (exact) mass is 263 g/mol. The van der Waals surface area contributed by atoms with E-state index in [-0.39, 0.29) is 6.10 Å². The Hall–Kier alpha value is -1.32. The van der Waals surface area contributed by atoms with E-state index >= 15 is 0 Å². The number of hydrogen-bond acceptors (Lipinski definition) is 4. The Morgan fingerprint density at radius 1 is 1.26 bits per heavy atom. The van der Waals surface area contributed by atoms with E-state index < -0.39 is 0 Å². The summed E-state index contributed by atoms with van der Waals surface area (Å²) < 4.78 is 6.02. The molecule has 1 heterocycles. The van der Waals surface area contributed by atoms with Crippen molar-refractivity contribution in [1.82, 2.24) is 9.97 Å². The fraction of sp³-hybridized carbons (Fsp3) is 0.733. The first-order chi connectivity index (χ1) is 9.02. The summed E-state index contributed by atoms with van der Waals surface area (Å²) in [6.07, 6.45) is 2.57. The van der Waals surface area contributed by atoms with Crippen LogP contribution >= 0.6 is 0 Å². The maximum absolute atomic E-state index is 6.02. The van der Waals surface area contributed by atoms with Gasteiger partial charge in [0.15, 0.2) is 0 Å². The van der Waals surface area contributed by atoms with E-state index in [9.17, 15) is 0 Å². The molecule has 0 spiro atoms. The number of aromatic nitrogens is 2. The van der Waals surface area contributed by atoms with Gasteiger partial charge in [-0.3, -0.25) is 0 Å². The minimum Gasteiger partial charge on any atom is -0.474 e. The van der Waals surface area contributed by atoms with Crippen molar-refractivity contribution in [2.45, 2.75) is 59.5 Å². The summed E-state index contributed by atoms with van der Waals surface area (Å²) in [5.41, 5.74) is 1.01. The molecule has 2 rings (SSSR count). The molecular formula is C15H25N3O. The number of rotatable bonds is 6. The third-order valence-electron chi connectivity index (χ3n) is 3.64. The van der Waals surface area contributed by atoms with Crippen LogP contribution in [-0.2, 0) is 0 Å². The number of nitrogens with zero attached hydrogens (tertiary/aromatic N) is 2. The van der Waals surface area contributed by atoms with E-state index in [1.165, 1.54) is 12.8 Å². The molecule has 1 unspecified atom stereocenters. The van der Waals surface area contributed by atoms with E-state index in [1.807, 2.05) is 6.92 Å². The molecular weight excluding hydrogens is 238 g/mol. The molecule has 0 radical (unpaired) electrons. The molecule has 106 valence electrons. The van der Waals surface area contributed by atoms with E-state index in [2.05, 4.69) is 43.0 Å². The van der Waals surface area contributed by atoms with Crippen molar-refractivity contribution in [3.05, 3.63) is 11.4 Å². The van der Waals surface area contributed by atoms with Gasteiger partial charge in [-0.25, -0.2) is 4.98 Å². The summed E-state index contributed by atoms with van der Waals surface area (Å²) in [4.78, 5) is 9.26. The second-order valence-electron chi connectivity index (χ2n) is 5.73. The minimum atomic E-state index is 0.162. The number of anilines is 1. The van der Waals surface area contributed by atoms with Gasteiger partial charge in [0.1, 0.15) is 11.6 Å². The highest BCUT2D eigenvalue weighted by molar-refractivity contribution is 5.49. The summed E-state index contributed by atoms with van der Waals surface area (Å²) in [6.45, 7) is 11.4. The highest BCUT2D eigenvalue weighted by atomic mass is 16.5. The zero-order chi connectivity index (χ0) is 14.0. The average molecular weight is 263 g/mol. The average Bonchev–Trinajstić information content (AvgIpc) is 3.18. The van der Waals surface area contributed by atoms with E-state index in [1.54, 1.807) is 0 Å². The first-order valence-corrected chi connectivity index (χ1v) is 7.32. The van der Waals surface area contributed by atoms with Crippen molar-refractivity contribution in [2.24, 2.45) is 5.92 Å². The predicted molar refractivity (Wildman–Crippen MR) is 77.8 cm³/mol. The van der Waals surface area contributed by atoms with Crippen molar-refractivity contribution in [1.29, 1.82) is 0 Å². The Morgan fingerprint density at radius 2 is 1.95 bits per heavy atom. The van der Waals surface area contributed by atoms with Crippen LogP contribution in [0.4, 0.5) is 5.82 Å². The SMILES string of the molecule is CCNc1nc(C2CC2)nc(OC(C)C(C)C)c1C. The normalized spacial score (nSPS) is 16.5. The van der Waals surface area contributed by atoms with Crippen molar-refractivity contribution in [3.63, 3.8) is 0 Å². The second-order valence-corrected chi connectivity index (χ2v) is 5.73. The van der Waals surface area contributed by atoms with Crippen LogP contribution in [0, 0.1) is 12.8 Å². The van der Waals surface area contributed by atoms with Gasteiger partial charge in [0, 0.05) is 12.5 Å². The summed E-state index contributed by atoms with van der Waals surface area (Å²) in [5, 5.41) is 3.31. The van der Waals surface area contributed by atoms with Gasteiger partial charge in [0.2, 0.25) is 5.88 Å². The molecule has 0 aliphatic heterocycles. The Bertz CT molecular complexity index is 441. The van der Waals surface area contributed by atoms with Gasteiger partial charge in [-0.05, 0) is 39.5 Å². The molecule has 19 heavy (non-hydrogen) atoms. The smallest absolute Gasteiger partial charge is 0.222 e.